The molecule has 2 heterocycles. The molecular formula is C41H28N2OS2. The second-order valence-corrected chi connectivity index (χ2v) is 13.1. The number of carbonyl (C=O) groups is 1. The largest absolute Gasteiger partial charge is 0.302 e. The summed E-state index contributed by atoms with van der Waals surface area (Å²) in [5.41, 5.74) is 4.20. The average molecular weight is 629 g/mol. The van der Waals surface area contributed by atoms with Gasteiger partial charge in [0.25, 0.3) is 0 Å². The quantitative estimate of drug-likeness (QED) is 0.156. The van der Waals surface area contributed by atoms with Crippen molar-refractivity contribution in [1.29, 1.82) is 0 Å². The van der Waals surface area contributed by atoms with Gasteiger partial charge in [0, 0.05) is 22.7 Å². The van der Waals surface area contributed by atoms with E-state index in [1.54, 1.807) is 0 Å². The van der Waals surface area contributed by atoms with Gasteiger partial charge in [-0.25, -0.2) is 0 Å². The van der Waals surface area contributed by atoms with Crippen molar-refractivity contribution in [2.75, 3.05) is 9.80 Å². The number of para-hydroxylation sites is 2. The Balaban J connectivity index is 1.14. The van der Waals surface area contributed by atoms with E-state index in [0.29, 0.717) is 9.75 Å². The molecule has 3 nitrogen and oxygen atoms in total. The summed E-state index contributed by atoms with van der Waals surface area (Å²) in [5, 5.41) is 6.72. The highest BCUT2D eigenvalue weighted by Crippen LogP contribution is 2.43. The van der Waals surface area contributed by atoms with Gasteiger partial charge in [-0.3, -0.25) is 4.79 Å². The SMILES string of the molecule is O=C(c1ccc(N(c2ccccc2)c2ccc3ccccc3c2)s1)c1ccc(N(c2ccccc2)c2ccc3ccccc3c2)s1. The number of nitrogens with zero attached hydrogens (tertiary/aromatic N) is 2. The molecule has 0 amide bonds. The number of benzene rings is 6. The molecule has 0 spiro atoms. The summed E-state index contributed by atoms with van der Waals surface area (Å²) in [7, 11) is 0. The van der Waals surface area contributed by atoms with Crippen LogP contribution in [0, 0.1) is 0 Å². The third-order valence-corrected chi connectivity index (χ3v) is 10.2. The van der Waals surface area contributed by atoms with E-state index in [4.69, 9.17) is 0 Å². The maximum atomic E-state index is 14.0. The van der Waals surface area contributed by atoms with Crippen LogP contribution in [0.2, 0.25) is 0 Å². The van der Waals surface area contributed by atoms with Gasteiger partial charge in [0.05, 0.1) is 9.75 Å². The van der Waals surface area contributed by atoms with Crippen LogP contribution in [0.1, 0.15) is 14.5 Å². The topological polar surface area (TPSA) is 23.6 Å². The standard InChI is InChI=1S/C41H28N2OS2/c44-41(37-23-25-39(45-37)42(33-15-3-1-4-16-33)35-21-19-29-11-7-9-13-31(29)27-35)38-24-26-40(46-38)43(34-17-5-2-6-18-34)36-22-20-30-12-8-10-14-32(30)28-36/h1-28H. The first-order valence-electron chi connectivity index (χ1n) is 15.1. The number of carbonyl (C=O) groups excluding carboxylic acids is 1. The number of rotatable bonds is 8. The van der Waals surface area contributed by atoms with Gasteiger partial charge < -0.3 is 9.80 Å². The third kappa shape index (κ3) is 5.36. The molecule has 0 radical (unpaired) electrons. The summed E-state index contributed by atoms with van der Waals surface area (Å²) in [6.07, 6.45) is 0. The minimum absolute atomic E-state index is 0.0329. The van der Waals surface area contributed by atoms with Crippen LogP contribution < -0.4 is 9.80 Å². The normalized spacial score (nSPS) is 11.1. The molecule has 0 N–H and O–H groups in total. The van der Waals surface area contributed by atoms with E-state index < -0.39 is 0 Å². The molecule has 0 aliphatic heterocycles. The molecule has 0 saturated carbocycles. The molecule has 5 heteroatoms. The van der Waals surface area contributed by atoms with Gasteiger partial charge in [-0.1, -0.05) is 97.1 Å². The lowest BCUT2D eigenvalue weighted by Crippen LogP contribution is -2.08. The van der Waals surface area contributed by atoms with Crippen LogP contribution in [0.3, 0.4) is 0 Å². The molecule has 6 aromatic carbocycles. The van der Waals surface area contributed by atoms with E-state index in [-0.39, 0.29) is 5.78 Å². The van der Waals surface area contributed by atoms with Crippen molar-refractivity contribution < 1.29 is 4.79 Å². The van der Waals surface area contributed by atoms with E-state index in [9.17, 15) is 4.79 Å². The molecule has 8 aromatic rings. The molecule has 0 fully saturated rings. The number of fused-ring (bicyclic) bond motifs is 2. The highest BCUT2D eigenvalue weighted by Gasteiger charge is 2.22. The van der Waals surface area contributed by atoms with Crippen molar-refractivity contribution in [2.45, 2.75) is 0 Å². The molecule has 8 rings (SSSR count). The Labute approximate surface area is 275 Å². The van der Waals surface area contributed by atoms with Gasteiger partial charge in [-0.05, 0) is 94.3 Å². The first-order valence-corrected chi connectivity index (χ1v) is 16.8. The fourth-order valence-electron chi connectivity index (χ4n) is 5.85. The Morgan fingerprint density at radius 2 is 0.761 bits per heavy atom. The number of hydrogen-bond acceptors (Lipinski definition) is 5. The van der Waals surface area contributed by atoms with E-state index in [1.165, 1.54) is 44.2 Å². The van der Waals surface area contributed by atoms with Gasteiger partial charge >= 0.3 is 0 Å². The minimum Gasteiger partial charge on any atom is -0.302 e. The van der Waals surface area contributed by atoms with Crippen molar-refractivity contribution >= 4 is 82.8 Å². The summed E-state index contributed by atoms with van der Waals surface area (Å²) in [4.78, 5) is 19.9. The van der Waals surface area contributed by atoms with Crippen molar-refractivity contribution in [3.05, 3.63) is 180 Å². The van der Waals surface area contributed by atoms with Crippen molar-refractivity contribution in [2.24, 2.45) is 0 Å². The van der Waals surface area contributed by atoms with Crippen molar-refractivity contribution in [3.63, 3.8) is 0 Å². The molecule has 0 aliphatic carbocycles. The zero-order chi connectivity index (χ0) is 30.9. The molecular weight excluding hydrogens is 601 g/mol. The van der Waals surface area contributed by atoms with E-state index >= 15 is 0 Å². The summed E-state index contributed by atoms with van der Waals surface area (Å²) in [5.74, 6) is 0.0329. The van der Waals surface area contributed by atoms with Crippen molar-refractivity contribution in [3.8, 4) is 0 Å². The van der Waals surface area contributed by atoms with Gasteiger partial charge in [-0.15, -0.1) is 22.7 Å². The molecule has 0 atom stereocenters. The summed E-state index contributed by atoms with van der Waals surface area (Å²) in [6.45, 7) is 0. The average Bonchev–Trinajstić information content (AvgIpc) is 3.80. The van der Waals surface area contributed by atoms with Crippen LogP contribution in [0.25, 0.3) is 21.5 Å². The number of thiophene rings is 2. The van der Waals surface area contributed by atoms with Crippen LogP contribution in [0.4, 0.5) is 32.8 Å². The second-order valence-electron chi connectivity index (χ2n) is 11.0. The molecule has 0 saturated heterocycles. The summed E-state index contributed by atoms with van der Waals surface area (Å²) < 4.78 is 0. The Morgan fingerprint density at radius 3 is 1.20 bits per heavy atom. The molecule has 46 heavy (non-hydrogen) atoms. The molecule has 220 valence electrons. The predicted octanol–water partition coefficient (Wildman–Crippen LogP) is 12.3. The summed E-state index contributed by atoms with van der Waals surface area (Å²) >= 11 is 3.04. The van der Waals surface area contributed by atoms with Gasteiger partial charge in [0.2, 0.25) is 5.78 Å². The fraction of sp³-hybridized carbons (Fsp3) is 0. The number of hydrogen-bond donors (Lipinski definition) is 0. The van der Waals surface area contributed by atoms with Crippen LogP contribution in [0.5, 0.6) is 0 Å². The first-order chi connectivity index (χ1) is 22.7. The zero-order valence-corrected chi connectivity index (χ0v) is 26.4. The Hall–Kier alpha value is -5.49. The van der Waals surface area contributed by atoms with Crippen LogP contribution in [0.15, 0.2) is 170 Å². The predicted molar refractivity (Wildman–Crippen MR) is 196 cm³/mol. The second kappa shape index (κ2) is 12.1. The maximum Gasteiger partial charge on any atom is 0.213 e. The molecule has 0 bridgehead atoms. The smallest absolute Gasteiger partial charge is 0.213 e. The molecule has 0 unspecified atom stereocenters. The lowest BCUT2D eigenvalue weighted by molar-refractivity contribution is 0.104. The summed E-state index contributed by atoms with van der Waals surface area (Å²) in [6, 6.07) is 58.5. The maximum absolute atomic E-state index is 14.0. The zero-order valence-electron chi connectivity index (χ0n) is 24.8. The highest BCUT2D eigenvalue weighted by molar-refractivity contribution is 7.21. The molecule has 0 aliphatic rings. The van der Waals surface area contributed by atoms with Gasteiger partial charge in [-0.2, -0.15) is 0 Å². The monoisotopic (exact) mass is 628 g/mol. The lowest BCUT2D eigenvalue weighted by atomic mass is 10.1. The lowest BCUT2D eigenvalue weighted by Gasteiger charge is -2.24. The fourth-order valence-corrected chi connectivity index (χ4v) is 7.92. The van der Waals surface area contributed by atoms with E-state index in [2.05, 4.69) is 131 Å². The Morgan fingerprint density at radius 1 is 0.370 bits per heavy atom. The third-order valence-electron chi connectivity index (χ3n) is 8.08. The minimum atomic E-state index is 0.0329. The van der Waals surface area contributed by atoms with Gasteiger partial charge in [0.15, 0.2) is 0 Å². The van der Waals surface area contributed by atoms with Gasteiger partial charge in [0.1, 0.15) is 10.0 Å². The van der Waals surface area contributed by atoms with Crippen molar-refractivity contribution in [1.82, 2.24) is 0 Å². The van der Waals surface area contributed by atoms with E-state index in [0.717, 1.165) is 32.8 Å². The first kappa shape index (κ1) is 28.0. The Kier molecular flexibility index (Phi) is 7.39. The molecule has 2 aromatic heterocycles. The van der Waals surface area contributed by atoms with Crippen LogP contribution >= 0.6 is 22.7 Å². The van der Waals surface area contributed by atoms with Crippen LogP contribution in [-0.2, 0) is 0 Å². The highest BCUT2D eigenvalue weighted by atomic mass is 32.1. The Bertz CT molecular complexity index is 2140. The van der Waals surface area contributed by atoms with E-state index in [1.807, 2.05) is 48.5 Å². The number of anilines is 6. The van der Waals surface area contributed by atoms with Crippen LogP contribution in [-0.4, -0.2) is 5.78 Å². The number of ketones is 1.